The fourth-order valence-electron chi connectivity index (χ4n) is 2.69. The molecule has 1 aromatic heterocycles. The maximum Gasteiger partial charge on any atom is 0.126 e. The van der Waals surface area contributed by atoms with Gasteiger partial charge >= 0.3 is 0 Å². The predicted molar refractivity (Wildman–Crippen MR) is 76.3 cm³/mol. The molecule has 1 aliphatic carbocycles. The van der Waals surface area contributed by atoms with Crippen molar-refractivity contribution in [2.45, 2.75) is 46.1 Å². The van der Waals surface area contributed by atoms with Crippen molar-refractivity contribution in [1.82, 2.24) is 4.98 Å². The minimum Gasteiger partial charge on any atom is -0.367 e. The van der Waals surface area contributed by atoms with Crippen LogP contribution in [0.15, 0.2) is 16.7 Å². The summed E-state index contributed by atoms with van der Waals surface area (Å²) >= 11 is 3.48. The van der Waals surface area contributed by atoms with E-state index in [4.69, 9.17) is 0 Å². The Morgan fingerprint density at radius 1 is 1.35 bits per heavy atom. The number of aromatic nitrogens is 1. The molecule has 2 rings (SSSR count). The van der Waals surface area contributed by atoms with E-state index in [0.29, 0.717) is 6.04 Å². The summed E-state index contributed by atoms with van der Waals surface area (Å²) in [5, 5.41) is 3.59. The topological polar surface area (TPSA) is 24.9 Å². The van der Waals surface area contributed by atoms with Crippen LogP contribution in [0.1, 0.15) is 38.7 Å². The van der Waals surface area contributed by atoms with Gasteiger partial charge in [0, 0.05) is 16.7 Å². The monoisotopic (exact) mass is 296 g/mol. The lowest BCUT2D eigenvalue weighted by molar-refractivity contribution is 0.276. The number of nitrogens with zero attached hydrogens (tertiary/aromatic N) is 1. The fraction of sp³-hybridized carbons (Fsp3) is 0.643. The van der Waals surface area contributed by atoms with Crippen LogP contribution in [0.3, 0.4) is 0 Å². The van der Waals surface area contributed by atoms with E-state index in [2.05, 4.69) is 53.1 Å². The summed E-state index contributed by atoms with van der Waals surface area (Å²) in [7, 11) is 0. The van der Waals surface area contributed by atoms with Crippen molar-refractivity contribution in [3.8, 4) is 0 Å². The molecule has 1 N–H and O–H groups in total. The first-order valence-electron chi connectivity index (χ1n) is 6.45. The average molecular weight is 297 g/mol. The molecular formula is C14H21BrN2. The number of nitrogens with one attached hydrogen (secondary N) is 1. The number of halogens is 1. The van der Waals surface area contributed by atoms with Gasteiger partial charge in [0.05, 0.1) is 0 Å². The molecular weight excluding hydrogens is 276 g/mol. The van der Waals surface area contributed by atoms with Crippen LogP contribution in [-0.4, -0.2) is 11.0 Å². The molecule has 0 amide bonds. The second kappa shape index (κ2) is 5.38. The summed E-state index contributed by atoms with van der Waals surface area (Å²) in [5.74, 6) is 2.63. The Morgan fingerprint density at radius 3 is 2.76 bits per heavy atom. The second-order valence-electron chi connectivity index (χ2n) is 5.47. The normalized spacial score (nSPS) is 29.1. The molecule has 0 spiro atoms. The van der Waals surface area contributed by atoms with E-state index < -0.39 is 0 Å². The number of rotatable bonds is 2. The summed E-state index contributed by atoms with van der Waals surface area (Å²) in [6.45, 7) is 6.80. The zero-order valence-electron chi connectivity index (χ0n) is 10.8. The van der Waals surface area contributed by atoms with Gasteiger partial charge in [-0.05, 0) is 65.6 Å². The van der Waals surface area contributed by atoms with Crippen LogP contribution < -0.4 is 5.32 Å². The van der Waals surface area contributed by atoms with Crippen molar-refractivity contribution >= 4 is 21.7 Å². The minimum absolute atomic E-state index is 0.583. The van der Waals surface area contributed by atoms with Crippen LogP contribution in [0.25, 0.3) is 0 Å². The van der Waals surface area contributed by atoms with Gasteiger partial charge in [-0.15, -0.1) is 0 Å². The fourth-order valence-corrected chi connectivity index (χ4v) is 2.90. The van der Waals surface area contributed by atoms with Crippen LogP contribution in [0, 0.1) is 18.8 Å². The molecule has 1 aromatic rings. The lowest BCUT2D eigenvalue weighted by atomic mass is 9.80. The van der Waals surface area contributed by atoms with Gasteiger partial charge in [-0.1, -0.05) is 13.8 Å². The van der Waals surface area contributed by atoms with Gasteiger partial charge in [-0.25, -0.2) is 4.98 Å². The number of hydrogen-bond acceptors (Lipinski definition) is 2. The first-order chi connectivity index (χ1) is 8.06. The van der Waals surface area contributed by atoms with Gasteiger partial charge in [0.15, 0.2) is 0 Å². The first kappa shape index (κ1) is 12.9. The van der Waals surface area contributed by atoms with Crippen LogP contribution in [0.5, 0.6) is 0 Å². The van der Waals surface area contributed by atoms with Crippen LogP contribution >= 0.6 is 15.9 Å². The van der Waals surface area contributed by atoms with Gasteiger partial charge in [0.25, 0.3) is 0 Å². The van der Waals surface area contributed by atoms with Crippen molar-refractivity contribution in [3.05, 3.63) is 22.3 Å². The maximum atomic E-state index is 4.43. The zero-order valence-corrected chi connectivity index (χ0v) is 12.4. The van der Waals surface area contributed by atoms with Gasteiger partial charge in [-0.2, -0.15) is 0 Å². The molecule has 1 aliphatic rings. The Morgan fingerprint density at radius 2 is 2.12 bits per heavy atom. The largest absolute Gasteiger partial charge is 0.367 e. The third kappa shape index (κ3) is 3.21. The highest BCUT2D eigenvalue weighted by atomic mass is 79.9. The summed E-state index contributed by atoms with van der Waals surface area (Å²) in [4.78, 5) is 4.43. The van der Waals surface area contributed by atoms with Crippen LogP contribution in [-0.2, 0) is 0 Å². The van der Waals surface area contributed by atoms with E-state index in [1.165, 1.54) is 24.8 Å². The van der Waals surface area contributed by atoms with Crippen molar-refractivity contribution < 1.29 is 0 Å². The molecule has 3 unspecified atom stereocenters. The SMILES string of the molecule is Cc1cc(NC2CCC(C)CC2C)ncc1Br. The first-order valence-corrected chi connectivity index (χ1v) is 7.24. The summed E-state index contributed by atoms with van der Waals surface area (Å²) in [6.07, 6.45) is 5.80. The molecule has 1 heterocycles. The quantitative estimate of drug-likeness (QED) is 0.875. The Hall–Kier alpha value is -0.570. The van der Waals surface area contributed by atoms with Crippen LogP contribution in [0.4, 0.5) is 5.82 Å². The molecule has 3 atom stereocenters. The van der Waals surface area contributed by atoms with Crippen molar-refractivity contribution in [2.75, 3.05) is 5.32 Å². The van der Waals surface area contributed by atoms with E-state index in [1.807, 2.05) is 6.20 Å². The summed E-state index contributed by atoms with van der Waals surface area (Å²) in [6, 6.07) is 2.70. The minimum atomic E-state index is 0.583. The standard InChI is InChI=1S/C14H21BrN2/c1-9-4-5-13(11(3)6-9)17-14-7-10(2)12(15)8-16-14/h7-9,11,13H,4-6H2,1-3H3,(H,16,17). The third-order valence-electron chi connectivity index (χ3n) is 3.81. The number of anilines is 1. The van der Waals surface area contributed by atoms with Crippen LogP contribution in [0.2, 0.25) is 0 Å². The molecule has 0 aliphatic heterocycles. The predicted octanol–water partition coefficient (Wildman–Crippen LogP) is 4.39. The molecule has 2 nitrogen and oxygen atoms in total. The van der Waals surface area contributed by atoms with Gasteiger partial charge in [0.2, 0.25) is 0 Å². The molecule has 17 heavy (non-hydrogen) atoms. The van der Waals surface area contributed by atoms with Gasteiger partial charge in [-0.3, -0.25) is 0 Å². The Kier molecular flexibility index (Phi) is 4.08. The van der Waals surface area contributed by atoms with E-state index >= 15 is 0 Å². The van der Waals surface area contributed by atoms with Crippen molar-refractivity contribution in [2.24, 2.45) is 11.8 Å². The third-order valence-corrected chi connectivity index (χ3v) is 4.64. The highest BCUT2D eigenvalue weighted by molar-refractivity contribution is 9.10. The molecule has 1 saturated carbocycles. The zero-order chi connectivity index (χ0) is 12.4. The molecule has 0 bridgehead atoms. The van der Waals surface area contributed by atoms with E-state index in [-0.39, 0.29) is 0 Å². The Bertz CT molecular complexity index is 392. The molecule has 0 radical (unpaired) electrons. The lowest BCUT2D eigenvalue weighted by Gasteiger charge is -2.33. The van der Waals surface area contributed by atoms with Crippen molar-refractivity contribution in [1.29, 1.82) is 0 Å². The Labute approximate surface area is 112 Å². The van der Waals surface area contributed by atoms with E-state index in [1.54, 1.807) is 0 Å². The molecule has 94 valence electrons. The van der Waals surface area contributed by atoms with E-state index in [9.17, 15) is 0 Å². The molecule has 1 fully saturated rings. The molecule has 3 heteroatoms. The average Bonchev–Trinajstić information content (AvgIpc) is 2.27. The lowest BCUT2D eigenvalue weighted by Crippen LogP contribution is -2.33. The van der Waals surface area contributed by atoms with Gasteiger partial charge in [0.1, 0.15) is 5.82 Å². The second-order valence-corrected chi connectivity index (χ2v) is 6.32. The Balaban J connectivity index is 2.02. The highest BCUT2D eigenvalue weighted by Crippen LogP contribution is 2.30. The number of aryl methyl sites for hydroxylation is 1. The maximum absolute atomic E-state index is 4.43. The molecule has 0 saturated heterocycles. The van der Waals surface area contributed by atoms with E-state index in [0.717, 1.165) is 22.1 Å². The smallest absolute Gasteiger partial charge is 0.126 e. The summed E-state index contributed by atoms with van der Waals surface area (Å²) in [5.41, 5.74) is 1.24. The van der Waals surface area contributed by atoms with Gasteiger partial charge < -0.3 is 5.32 Å². The summed E-state index contributed by atoms with van der Waals surface area (Å²) < 4.78 is 1.08. The number of hydrogen-bond donors (Lipinski definition) is 1. The molecule has 0 aromatic carbocycles. The number of pyridine rings is 1. The highest BCUT2D eigenvalue weighted by Gasteiger charge is 2.25. The van der Waals surface area contributed by atoms with Crippen molar-refractivity contribution in [3.63, 3.8) is 0 Å².